The van der Waals surface area contributed by atoms with Crippen molar-refractivity contribution in [3.8, 4) is 5.75 Å². The number of amides is 1. The van der Waals surface area contributed by atoms with Crippen LogP contribution in [-0.2, 0) is 11.2 Å². The Morgan fingerprint density at radius 2 is 1.95 bits per heavy atom. The number of ether oxygens (including phenoxy) is 1. The molecule has 1 aliphatic carbocycles. The lowest BCUT2D eigenvalue weighted by atomic mass is 9.88. The van der Waals surface area contributed by atoms with Crippen LogP contribution in [0.5, 0.6) is 5.75 Å². The molecule has 3 heteroatoms. The van der Waals surface area contributed by atoms with Gasteiger partial charge in [-0.25, -0.2) is 0 Å². The van der Waals surface area contributed by atoms with Crippen molar-refractivity contribution in [1.82, 2.24) is 5.32 Å². The summed E-state index contributed by atoms with van der Waals surface area (Å²) in [5.74, 6) is 0.701. The van der Waals surface area contributed by atoms with Gasteiger partial charge in [0.2, 0.25) is 0 Å². The van der Waals surface area contributed by atoms with Crippen LogP contribution >= 0.6 is 0 Å². The van der Waals surface area contributed by atoms with Crippen LogP contribution < -0.4 is 10.1 Å². The molecule has 22 heavy (non-hydrogen) atoms. The van der Waals surface area contributed by atoms with E-state index in [1.54, 1.807) is 0 Å². The van der Waals surface area contributed by atoms with Crippen LogP contribution in [0.2, 0.25) is 0 Å². The third-order valence-electron chi connectivity index (χ3n) is 4.16. The average Bonchev–Trinajstić information content (AvgIpc) is 2.54. The maximum Gasteiger partial charge on any atom is 0.258 e. The number of hydrogen-bond donors (Lipinski definition) is 1. The molecular formula is C19H21NO2. The molecular weight excluding hydrogens is 274 g/mol. The Bertz CT molecular complexity index is 666. The van der Waals surface area contributed by atoms with Crippen LogP contribution in [0.1, 0.15) is 35.6 Å². The van der Waals surface area contributed by atoms with E-state index in [9.17, 15) is 4.79 Å². The Labute approximate surface area is 131 Å². The molecule has 0 spiro atoms. The Balaban J connectivity index is 1.60. The van der Waals surface area contributed by atoms with Gasteiger partial charge in [0.15, 0.2) is 6.61 Å². The smallest absolute Gasteiger partial charge is 0.258 e. The van der Waals surface area contributed by atoms with Crippen LogP contribution in [0.15, 0.2) is 48.5 Å². The first-order valence-corrected chi connectivity index (χ1v) is 7.79. The second-order valence-corrected chi connectivity index (χ2v) is 5.77. The fourth-order valence-corrected chi connectivity index (χ4v) is 3.00. The summed E-state index contributed by atoms with van der Waals surface area (Å²) in [5, 5.41) is 3.10. The van der Waals surface area contributed by atoms with E-state index in [1.165, 1.54) is 11.1 Å². The zero-order chi connectivity index (χ0) is 15.4. The average molecular weight is 295 g/mol. The molecule has 0 aromatic heterocycles. The van der Waals surface area contributed by atoms with Crippen LogP contribution in [0.25, 0.3) is 0 Å². The molecule has 0 saturated carbocycles. The zero-order valence-electron chi connectivity index (χ0n) is 12.8. The molecule has 1 N–H and O–H groups in total. The molecule has 1 amide bonds. The lowest BCUT2D eigenvalue weighted by Gasteiger charge is -2.26. The Morgan fingerprint density at radius 1 is 1.18 bits per heavy atom. The van der Waals surface area contributed by atoms with Crippen molar-refractivity contribution < 1.29 is 9.53 Å². The second kappa shape index (κ2) is 6.65. The largest absolute Gasteiger partial charge is 0.484 e. The first kappa shape index (κ1) is 14.6. The summed E-state index contributed by atoms with van der Waals surface area (Å²) < 4.78 is 5.62. The number of fused-ring (bicyclic) bond motifs is 1. The van der Waals surface area contributed by atoms with Gasteiger partial charge >= 0.3 is 0 Å². The van der Waals surface area contributed by atoms with Gasteiger partial charge in [0, 0.05) is 0 Å². The normalized spacial score (nSPS) is 16.7. The van der Waals surface area contributed by atoms with Crippen molar-refractivity contribution in [1.29, 1.82) is 0 Å². The summed E-state index contributed by atoms with van der Waals surface area (Å²) in [5.41, 5.74) is 3.63. The Morgan fingerprint density at radius 3 is 2.82 bits per heavy atom. The number of nitrogens with one attached hydrogen (secondary N) is 1. The molecule has 3 rings (SSSR count). The topological polar surface area (TPSA) is 38.3 Å². The molecule has 3 nitrogen and oxygen atoms in total. The van der Waals surface area contributed by atoms with E-state index >= 15 is 0 Å². The summed E-state index contributed by atoms with van der Waals surface area (Å²) in [6.45, 7) is 2.04. The molecule has 2 aromatic rings. The predicted octanol–water partition coefficient (Wildman–Crippen LogP) is 3.57. The number of carbonyl (C=O) groups excluding carboxylic acids is 1. The van der Waals surface area contributed by atoms with Crippen molar-refractivity contribution in [2.45, 2.75) is 32.2 Å². The van der Waals surface area contributed by atoms with E-state index in [0.29, 0.717) is 0 Å². The molecule has 0 heterocycles. The molecule has 1 atom stereocenters. The highest BCUT2D eigenvalue weighted by Gasteiger charge is 2.21. The van der Waals surface area contributed by atoms with Gasteiger partial charge in [-0.15, -0.1) is 0 Å². The van der Waals surface area contributed by atoms with Gasteiger partial charge in [0.1, 0.15) is 5.75 Å². The summed E-state index contributed by atoms with van der Waals surface area (Å²) in [7, 11) is 0. The lowest BCUT2D eigenvalue weighted by molar-refractivity contribution is -0.124. The predicted molar refractivity (Wildman–Crippen MR) is 86.9 cm³/mol. The van der Waals surface area contributed by atoms with Crippen LogP contribution in [0.4, 0.5) is 0 Å². The maximum atomic E-state index is 12.2. The SMILES string of the molecule is Cc1ccccc1OCC(=O)NC1CCCc2ccccc21. The van der Waals surface area contributed by atoms with Crippen molar-refractivity contribution in [3.63, 3.8) is 0 Å². The minimum absolute atomic E-state index is 0.0590. The molecule has 1 unspecified atom stereocenters. The van der Waals surface area contributed by atoms with Gasteiger partial charge in [-0.3, -0.25) is 4.79 Å². The minimum Gasteiger partial charge on any atom is -0.484 e. The van der Waals surface area contributed by atoms with Gasteiger partial charge in [-0.1, -0.05) is 42.5 Å². The quantitative estimate of drug-likeness (QED) is 0.936. The zero-order valence-corrected chi connectivity index (χ0v) is 12.8. The molecule has 0 aliphatic heterocycles. The highest BCUT2D eigenvalue weighted by molar-refractivity contribution is 5.78. The number of aryl methyl sites for hydroxylation is 2. The van der Waals surface area contributed by atoms with Crippen molar-refractivity contribution >= 4 is 5.91 Å². The monoisotopic (exact) mass is 295 g/mol. The first-order valence-electron chi connectivity index (χ1n) is 7.79. The number of rotatable bonds is 4. The summed E-state index contributed by atoms with van der Waals surface area (Å²) in [6, 6.07) is 16.2. The molecule has 114 valence electrons. The van der Waals surface area contributed by atoms with Crippen molar-refractivity contribution in [2.75, 3.05) is 6.61 Å². The van der Waals surface area contributed by atoms with Gasteiger partial charge < -0.3 is 10.1 Å². The van der Waals surface area contributed by atoms with Gasteiger partial charge in [0.25, 0.3) is 5.91 Å². The standard InChI is InChI=1S/C19H21NO2/c1-14-7-2-5-12-18(14)22-13-19(21)20-17-11-6-9-15-8-3-4-10-16(15)17/h2-5,7-8,10,12,17H,6,9,11,13H2,1H3,(H,20,21). The molecule has 0 fully saturated rings. The number of carbonyl (C=O) groups is 1. The highest BCUT2D eigenvalue weighted by Crippen LogP contribution is 2.29. The molecule has 0 radical (unpaired) electrons. The van der Waals surface area contributed by atoms with Gasteiger partial charge in [0.05, 0.1) is 6.04 Å². The fraction of sp³-hybridized carbons (Fsp3) is 0.316. The minimum atomic E-state index is -0.0649. The Hall–Kier alpha value is -2.29. The van der Waals surface area contributed by atoms with Crippen molar-refractivity contribution in [2.24, 2.45) is 0 Å². The summed E-state index contributed by atoms with van der Waals surface area (Å²) >= 11 is 0. The molecule has 0 saturated heterocycles. The van der Waals surface area contributed by atoms with E-state index in [-0.39, 0.29) is 18.6 Å². The molecule has 2 aromatic carbocycles. The number of hydrogen-bond acceptors (Lipinski definition) is 2. The van der Waals surface area contributed by atoms with E-state index in [4.69, 9.17) is 4.74 Å². The highest BCUT2D eigenvalue weighted by atomic mass is 16.5. The van der Waals surface area contributed by atoms with Crippen LogP contribution in [0, 0.1) is 6.92 Å². The van der Waals surface area contributed by atoms with Crippen LogP contribution in [0.3, 0.4) is 0 Å². The summed E-state index contributed by atoms with van der Waals surface area (Å²) in [4.78, 5) is 12.2. The third-order valence-corrected chi connectivity index (χ3v) is 4.16. The van der Waals surface area contributed by atoms with E-state index in [0.717, 1.165) is 30.6 Å². The van der Waals surface area contributed by atoms with Crippen molar-refractivity contribution in [3.05, 3.63) is 65.2 Å². The van der Waals surface area contributed by atoms with Crippen LogP contribution in [-0.4, -0.2) is 12.5 Å². The van der Waals surface area contributed by atoms with E-state index in [2.05, 4.69) is 23.5 Å². The van der Waals surface area contributed by atoms with E-state index < -0.39 is 0 Å². The lowest BCUT2D eigenvalue weighted by Crippen LogP contribution is -2.34. The first-order chi connectivity index (χ1) is 10.7. The summed E-state index contributed by atoms with van der Waals surface area (Å²) in [6.07, 6.45) is 3.20. The molecule has 1 aliphatic rings. The van der Waals surface area contributed by atoms with Gasteiger partial charge in [-0.05, 0) is 48.9 Å². The molecule has 0 bridgehead atoms. The third kappa shape index (κ3) is 3.30. The number of para-hydroxylation sites is 1. The van der Waals surface area contributed by atoms with Gasteiger partial charge in [-0.2, -0.15) is 0 Å². The Kier molecular flexibility index (Phi) is 4.42. The van der Waals surface area contributed by atoms with E-state index in [1.807, 2.05) is 37.3 Å². The number of benzene rings is 2. The fourth-order valence-electron chi connectivity index (χ4n) is 3.00. The second-order valence-electron chi connectivity index (χ2n) is 5.77. The maximum absolute atomic E-state index is 12.2.